The van der Waals surface area contributed by atoms with E-state index >= 15 is 0 Å². The second kappa shape index (κ2) is 11.2. The number of ether oxygens (including phenoxy) is 2. The lowest BCUT2D eigenvalue weighted by atomic mass is 9.73. The minimum Gasteiger partial charge on any atom is -0.497 e. The van der Waals surface area contributed by atoms with Gasteiger partial charge < -0.3 is 14.4 Å². The van der Waals surface area contributed by atoms with E-state index in [0.717, 1.165) is 37.1 Å². The molecule has 1 fully saturated rings. The van der Waals surface area contributed by atoms with E-state index in [1.54, 1.807) is 13.2 Å². The number of hydrogen-bond acceptors (Lipinski definition) is 4. The Hall–Kier alpha value is -2.30. The van der Waals surface area contributed by atoms with Crippen LogP contribution in [0.25, 0.3) is 6.08 Å². The van der Waals surface area contributed by atoms with Crippen LogP contribution >= 0.6 is 12.4 Å². The normalized spacial score (nSPS) is 20.0. The van der Waals surface area contributed by atoms with Crippen molar-refractivity contribution in [2.45, 2.75) is 25.2 Å². The second-order valence-corrected chi connectivity index (χ2v) is 8.07. The number of nitrogens with zero attached hydrogens (tertiary/aromatic N) is 1. The number of allylic oxidation sites excluding steroid dienone is 1. The van der Waals surface area contributed by atoms with Gasteiger partial charge in [0.15, 0.2) is 0 Å². The Kier molecular flexibility index (Phi) is 8.94. The maximum absolute atomic E-state index is 11.8. The Morgan fingerprint density at radius 2 is 1.90 bits per heavy atom. The largest absolute Gasteiger partial charge is 0.497 e. The average Bonchev–Trinajstić information content (AvgIpc) is 2.74. The molecule has 0 amide bonds. The molecule has 0 saturated heterocycles. The summed E-state index contributed by atoms with van der Waals surface area (Å²) in [7, 11) is 7.42. The number of benzene rings is 2. The number of carbonyl (C=O) groups excluding carboxylic acids is 1. The first-order valence-electron chi connectivity index (χ1n) is 10.2. The second-order valence-electron chi connectivity index (χ2n) is 8.07. The molecule has 1 saturated carbocycles. The third-order valence-corrected chi connectivity index (χ3v) is 5.69. The molecule has 1 aliphatic carbocycles. The van der Waals surface area contributed by atoms with Gasteiger partial charge in [0.25, 0.3) is 0 Å². The Labute approximate surface area is 186 Å². The third kappa shape index (κ3) is 6.10. The van der Waals surface area contributed by atoms with Gasteiger partial charge in [0.05, 0.1) is 19.8 Å². The molecule has 4 nitrogen and oxygen atoms in total. The average molecular weight is 430 g/mol. The molecule has 0 N–H and O–H groups in total. The van der Waals surface area contributed by atoms with Gasteiger partial charge in [-0.15, -0.1) is 12.4 Å². The zero-order chi connectivity index (χ0) is 20.8. The van der Waals surface area contributed by atoms with Crippen LogP contribution in [-0.2, 0) is 4.74 Å². The number of carbonyl (C=O) groups is 1. The molecule has 0 heterocycles. The van der Waals surface area contributed by atoms with Crippen molar-refractivity contribution in [2.75, 3.05) is 34.9 Å². The Morgan fingerprint density at radius 3 is 2.60 bits per heavy atom. The topological polar surface area (TPSA) is 38.8 Å². The molecule has 2 atom stereocenters. The molecule has 1 aliphatic rings. The van der Waals surface area contributed by atoms with Crippen molar-refractivity contribution in [1.29, 1.82) is 0 Å². The van der Waals surface area contributed by atoms with Crippen molar-refractivity contribution in [3.8, 4) is 5.75 Å². The van der Waals surface area contributed by atoms with Crippen molar-refractivity contribution in [1.82, 2.24) is 4.90 Å². The first-order chi connectivity index (χ1) is 14.0. The van der Waals surface area contributed by atoms with Gasteiger partial charge in [0, 0.05) is 6.54 Å². The van der Waals surface area contributed by atoms with E-state index in [1.165, 1.54) is 18.2 Å². The summed E-state index contributed by atoms with van der Waals surface area (Å²) >= 11 is 0. The summed E-state index contributed by atoms with van der Waals surface area (Å²) in [4.78, 5) is 14.1. The van der Waals surface area contributed by atoms with Crippen LogP contribution in [0.2, 0.25) is 0 Å². The molecule has 0 spiro atoms. The zero-order valence-corrected chi connectivity index (χ0v) is 19.1. The molecule has 2 aromatic carbocycles. The van der Waals surface area contributed by atoms with Crippen LogP contribution in [-0.4, -0.2) is 45.7 Å². The Morgan fingerprint density at radius 1 is 1.13 bits per heavy atom. The highest BCUT2D eigenvalue weighted by Gasteiger charge is 2.29. The summed E-state index contributed by atoms with van der Waals surface area (Å²) in [5, 5.41) is 0. The zero-order valence-electron chi connectivity index (χ0n) is 18.3. The van der Waals surface area contributed by atoms with E-state index in [2.05, 4.69) is 43.3 Å². The van der Waals surface area contributed by atoms with E-state index in [4.69, 9.17) is 9.47 Å². The number of rotatable bonds is 6. The summed E-state index contributed by atoms with van der Waals surface area (Å²) in [6.45, 7) is 1.08. The van der Waals surface area contributed by atoms with E-state index < -0.39 is 0 Å². The first kappa shape index (κ1) is 24.0. The lowest BCUT2D eigenvalue weighted by Crippen LogP contribution is -2.29. The van der Waals surface area contributed by atoms with Gasteiger partial charge in [-0.25, -0.2) is 4.79 Å². The van der Waals surface area contributed by atoms with Crippen LogP contribution in [0.15, 0.2) is 54.1 Å². The van der Waals surface area contributed by atoms with Gasteiger partial charge in [-0.05, 0) is 80.6 Å². The summed E-state index contributed by atoms with van der Waals surface area (Å²) in [6.07, 6.45) is 5.50. The van der Waals surface area contributed by atoms with Gasteiger partial charge in [0.1, 0.15) is 5.75 Å². The van der Waals surface area contributed by atoms with Gasteiger partial charge >= 0.3 is 5.97 Å². The fourth-order valence-corrected chi connectivity index (χ4v) is 4.31. The summed E-state index contributed by atoms with van der Waals surface area (Å²) in [5.41, 5.74) is 4.41. The van der Waals surface area contributed by atoms with Crippen LogP contribution in [0.4, 0.5) is 0 Å². The highest BCUT2D eigenvalue weighted by atomic mass is 35.5. The van der Waals surface area contributed by atoms with Crippen LogP contribution in [0, 0.1) is 5.92 Å². The fourth-order valence-electron chi connectivity index (χ4n) is 4.31. The highest BCUT2D eigenvalue weighted by Crippen LogP contribution is 2.42. The molecule has 0 bridgehead atoms. The fraction of sp³-hybridized carbons (Fsp3) is 0.400. The van der Waals surface area contributed by atoms with Crippen molar-refractivity contribution < 1.29 is 14.3 Å². The smallest absolute Gasteiger partial charge is 0.337 e. The van der Waals surface area contributed by atoms with E-state index in [9.17, 15) is 4.79 Å². The summed E-state index contributed by atoms with van der Waals surface area (Å²) in [5.74, 6) is 1.68. The first-order valence-corrected chi connectivity index (χ1v) is 10.2. The van der Waals surface area contributed by atoms with Crippen molar-refractivity contribution in [3.63, 3.8) is 0 Å². The van der Waals surface area contributed by atoms with E-state index in [0.29, 0.717) is 17.4 Å². The molecule has 0 radical (unpaired) electrons. The van der Waals surface area contributed by atoms with Gasteiger partial charge in [-0.3, -0.25) is 0 Å². The lowest BCUT2D eigenvalue weighted by molar-refractivity contribution is 0.0600. The molecule has 162 valence electrons. The van der Waals surface area contributed by atoms with Crippen LogP contribution in [0.5, 0.6) is 5.75 Å². The molecule has 5 heteroatoms. The third-order valence-electron chi connectivity index (χ3n) is 5.69. The number of methoxy groups -OCH3 is 2. The molecule has 2 aromatic rings. The number of halogens is 1. The van der Waals surface area contributed by atoms with Crippen LogP contribution in [0.1, 0.15) is 46.7 Å². The summed E-state index contributed by atoms with van der Waals surface area (Å²) in [6, 6.07) is 16.1. The van der Waals surface area contributed by atoms with Gasteiger partial charge in [-0.2, -0.15) is 0 Å². The van der Waals surface area contributed by atoms with E-state index in [1.807, 2.05) is 24.3 Å². The van der Waals surface area contributed by atoms with E-state index in [-0.39, 0.29) is 18.4 Å². The minimum absolute atomic E-state index is 0. The Bertz CT molecular complexity index is 878. The molecule has 3 rings (SSSR count). The number of esters is 1. The van der Waals surface area contributed by atoms with Crippen molar-refractivity contribution >= 4 is 24.5 Å². The lowest BCUT2D eigenvalue weighted by Gasteiger charge is -2.35. The highest BCUT2D eigenvalue weighted by molar-refractivity contribution is 5.90. The van der Waals surface area contributed by atoms with Gasteiger partial charge in [-0.1, -0.05) is 35.9 Å². The predicted molar refractivity (Wildman–Crippen MR) is 125 cm³/mol. The van der Waals surface area contributed by atoms with Crippen molar-refractivity contribution in [2.24, 2.45) is 5.92 Å². The SMILES string of the molecule is COC(=O)c1cccc(/C=C2\CC[C@H](CN(C)C)[C@H](c3cccc(OC)c3)C2)c1.Cl. The molecular formula is C25H32ClNO3. The maximum Gasteiger partial charge on any atom is 0.337 e. The molecular weight excluding hydrogens is 398 g/mol. The minimum atomic E-state index is -0.297. The molecule has 30 heavy (non-hydrogen) atoms. The Balaban J connectivity index is 0.00000320. The molecule has 0 aromatic heterocycles. The monoisotopic (exact) mass is 429 g/mol. The standard InChI is InChI=1S/C25H31NO3.ClH/c1-26(2)17-22-12-11-19(13-18-7-5-9-21(14-18)25(27)29-4)15-24(22)20-8-6-10-23(16-20)28-3;/h5-10,13-14,16,22,24H,11-12,15,17H2,1-4H3;1H/b19-13+;/t22-,24+;/m1./s1. The molecule has 0 unspecified atom stereocenters. The maximum atomic E-state index is 11.8. The summed E-state index contributed by atoms with van der Waals surface area (Å²) < 4.78 is 10.3. The molecule has 0 aliphatic heterocycles. The van der Waals surface area contributed by atoms with Crippen molar-refractivity contribution in [3.05, 3.63) is 70.8 Å². The number of hydrogen-bond donors (Lipinski definition) is 0. The quantitative estimate of drug-likeness (QED) is 0.573. The van der Waals surface area contributed by atoms with Crippen LogP contribution in [0.3, 0.4) is 0 Å². The van der Waals surface area contributed by atoms with Crippen LogP contribution < -0.4 is 4.74 Å². The van der Waals surface area contributed by atoms with Gasteiger partial charge in [0.2, 0.25) is 0 Å². The predicted octanol–water partition coefficient (Wildman–Crippen LogP) is 5.43.